The van der Waals surface area contributed by atoms with E-state index in [2.05, 4.69) is 14.1 Å². The number of carbonyl (C=O) groups is 1. The van der Waals surface area contributed by atoms with Crippen molar-refractivity contribution in [2.75, 3.05) is 11.9 Å². The minimum atomic E-state index is -3.89. The molecule has 7 nitrogen and oxygen atoms in total. The second-order valence-corrected chi connectivity index (χ2v) is 9.64. The molecule has 2 heterocycles. The number of hydrogen-bond donors (Lipinski definition) is 1. The van der Waals surface area contributed by atoms with E-state index in [1.165, 1.54) is 10.4 Å². The van der Waals surface area contributed by atoms with Crippen molar-refractivity contribution in [3.05, 3.63) is 47.5 Å². The van der Waals surface area contributed by atoms with Gasteiger partial charge in [-0.1, -0.05) is 24.6 Å². The Balaban J connectivity index is 1.67. The molecule has 3 aromatic rings. The third-order valence-electron chi connectivity index (χ3n) is 5.45. The van der Waals surface area contributed by atoms with Crippen molar-refractivity contribution in [1.82, 2.24) is 13.1 Å². The number of sulfonamides is 1. The van der Waals surface area contributed by atoms with E-state index in [-0.39, 0.29) is 10.8 Å². The van der Waals surface area contributed by atoms with Crippen LogP contribution < -0.4 is 5.32 Å². The van der Waals surface area contributed by atoms with Crippen LogP contribution in [0.4, 0.5) is 5.69 Å². The van der Waals surface area contributed by atoms with Crippen molar-refractivity contribution < 1.29 is 13.2 Å². The van der Waals surface area contributed by atoms with E-state index in [1.54, 1.807) is 12.1 Å². The van der Waals surface area contributed by atoms with Gasteiger partial charge in [-0.05, 0) is 56.0 Å². The molecule has 29 heavy (non-hydrogen) atoms. The third kappa shape index (κ3) is 3.65. The van der Waals surface area contributed by atoms with Gasteiger partial charge in [-0.3, -0.25) is 4.79 Å². The molecule has 4 rings (SSSR count). The molecule has 1 saturated heterocycles. The molecule has 152 valence electrons. The number of benzene rings is 2. The first kappa shape index (κ1) is 19.9. The fraction of sp³-hybridized carbons (Fsp3) is 0.350. The van der Waals surface area contributed by atoms with Gasteiger partial charge in [0.05, 0.1) is 11.7 Å². The first-order chi connectivity index (χ1) is 13.9. The molecule has 0 unspecified atom stereocenters. The van der Waals surface area contributed by atoms with Gasteiger partial charge < -0.3 is 5.32 Å². The SMILES string of the molecule is Cc1cccc(NC(=O)[C@@H]2CCCCN2S(=O)(=O)c2cccc3nsnc23)c1C. The first-order valence-electron chi connectivity index (χ1n) is 9.50. The normalized spacial score (nSPS) is 18.1. The van der Waals surface area contributed by atoms with Crippen LogP contribution in [0.3, 0.4) is 0 Å². The molecule has 1 fully saturated rings. The number of carbonyl (C=O) groups excluding carboxylic acids is 1. The summed E-state index contributed by atoms with van der Waals surface area (Å²) in [5.41, 5.74) is 3.66. The van der Waals surface area contributed by atoms with Crippen molar-refractivity contribution in [1.29, 1.82) is 0 Å². The maximum atomic E-state index is 13.5. The molecule has 0 bridgehead atoms. The summed E-state index contributed by atoms with van der Waals surface area (Å²) in [6.07, 6.45) is 2.01. The topological polar surface area (TPSA) is 92.3 Å². The number of rotatable bonds is 4. The van der Waals surface area contributed by atoms with Crippen LogP contribution in [0.2, 0.25) is 0 Å². The number of piperidine rings is 1. The van der Waals surface area contributed by atoms with Gasteiger partial charge in [0.2, 0.25) is 15.9 Å². The van der Waals surface area contributed by atoms with Crippen molar-refractivity contribution in [3.8, 4) is 0 Å². The number of aryl methyl sites for hydroxylation is 1. The second-order valence-electron chi connectivity index (χ2n) is 7.25. The number of aromatic nitrogens is 2. The average molecular weight is 431 g/mol. The average Bonchev–Trinajstić information content (AvgIpc) is 3.20. The molecule has 1 amide bonds. The highest BCUT2D eigenvalue weighted by Crippen LogP contribution is 2.30. The van der Waals surface area contributed by atoms with Crippen LogP contribution >= 0.6 is 11.7 Å². The highest BCUT2D eigenvalue weighted by atomic mass is 32.2. The van der Waals surface area contributed by atoms with Crippen LogP contribution in [0.25, 0.3) is 11.0 Å². The van der Waals surface area contributed by atoms with Crippen LogP contribution in [-0.2, 0) is 14.8 Å². The van der Waals surface area contributed by atoms with E-state index in [0.717, 1.165) is 35.7 Å². The lowest BCUT2D eigenvalue weighted by Crippen LogP contribution is -2.49. The van der Waals surface area contributed by atoms with Crippen molar-refractivity contribution in [3.63, 3.8) is 0 Å². The van der Waals surface area contributed by atoms with Crippen molar-refractivity contribution in [2.24, 2.45) is 0 Å². The molecule has 1 aliphatic rings. The zero-order chi connectivity index (χ0) is 20.6. The molecule has 0 spiro atoms. The second kappa shape index (κ2) is 7.81. The Morgan fingerprint density at radius 3 is 2.76 bits per heavy atom. The van der Waals surface area contributed by atoms with Gasteiger partial charge in [-0.2, -0.15) is 13.1 Å². The number of nitrogens with zero attached hydrogens (tertiary/aromatic N) is 3. The Morgan fingerprint density at radius 2 is 1.93 bits per heavy atom. The molecule has 9 heteroatoms. The summed E-state index contributed by atoms with van der Waals surface area (Å²) in [5.74, 6) is -0.300. The molecule has 2 aromatic carbocycles. The Labute approximate surface area is 174 Å². The first-order valence-corrected chi connectivity index (χ1v) is 11.7. The predicted molar refractivity (Wildman–Crippen MR) is 113 cm³/mol. The Morgan fingerprint density at radius 1 is 1.14 bits per heavy atom. The number of hydrogen-bond acceptors (Lipinski definition) is 6. The summed E-state index contributed by atoms with van der Waals surface area (Å²) < 4.78 is 36.6. The summed E-state index contributed by atoms with van der Waals surface area (Å²) in [5, 5.41) is 2.94. The van der Waals surface area contributed by atoms with Crippen molar-refractivity contribution >= 4 is 44.4 Å². The molecule has 0 aliphatic carbocycles. The van der Waals surface area contributed by atoms with E-state index in [4.69, 9.17) is 0 Å². The Hall–Kier alpha value is -2.36. The smallest absolute Gasteiger partial charge is 0.246 e. The van der Waals surface area contributed by atoms with Crippen LogP contribution in [0.15, 0.2) is 41.3 Å². The Kier molecular flexibility index (Phi) is 5.37. The Bertz CT molecular complexity index is 1170. The van der Waals surface area contributed by atoms with E-state index < -0.39 is 16.1 Å². The van der Waals surface area contributed by atoms with Gasteiger partial charge in [0.1, 0.15) is 22.0 Å². The lowest BCUT2D eigenvalue weighted by molar-refractivity contribution is -0.120. The lowest BCUT2D eigenvalue weighted by atomic mass is 10.0. The minimum Gasteiger partial charge on any atom is -0.324 e. The maximum Gasteiger partial charge on any atom is 0.246 e. The van der Waals surface area contributed by atoms with Crippen molar-refractivity contribution in [2.45, 2.75) is 44.0 Å². The van der Waals surface area contributed by atoms with E-state index in [9.17, 15) is 13.2 Å². The summed E-state index contributed by atoms with van der Waals surface area (Å²) in [4.78, 5) is 13.2. The molecule has 1 aliphatic heterocycles. The van der Waals surface area contributed by atoms with Gasteiger partial charge in [0.25, 0.3) is 0 Å². The highest BCUT2D eigenvalue weighted by molar-refractivity contribution is 7.89. The van der Waals surface area contributed by atoms with Crippen LogP contribution in [0.1, 0.15) is 30.4 Å². The third-order valence-corrected chi connectivity index (χ3v) is 7.94. The van der Waals surface area contributed by atoms with Crippen LogP contribution in [-0.4, -0.2) is 40.0 Å². The fourth-order valence-corrected chi connectivity index (χ4v) is 6.08. The molecular formula is C20H22N4O3S2. The molecule has 1 atom stereocenters. The predicted octanol–water partition coefficient (Wildman–Crippen LogP) is 3.49. The number of amides is 1. The van der Waals surface area contributed by atoms with E-state index in [1.807, 2.05) is 32.0 Å². The summed E-state index contributed by atoms with van der Waals surface area (Å²) in [7, 11) is -3.89. The largest absolute Gasteiger partial charge is 0.324 e. The fourth-order valence-electron chi connectivity index (χ4n) is 3.67. The number of fused-ring (bicyclic) bond motifs is 1. The zero-order valence-corrected chi connectivity index (χ0v) is 17.9. The maximum absolute atomic E-state index is 13.5. The summed E-state index contributed by atoms with van der Waals surface area (Å²) in [6, 6.07) is 9.87. The highest BCUT2D eigenvalue weighted by Gasteiger charge is 2.38. The van der Waals surface area contributed by atoms with Gasteiger partial charge in [-0.15, -0.1) is 0 Å². The van der Waals surface area contributed by atoms with Gasteiger partial charge in [0.15, 0.2) is 0 Å². The van der Waals surface area contributed by atoms with Gasteiger partial charge in [0, 0.05) is 12.2 Å². The molecule has 1 N–H and O–H groups in total. The monoisotopic (exact) mass is 430 g/mol. The van der Waals surface area contributed by atoms with Crippen LogP contribution in [0.5, 0.6) is 0 Å². The summed E-state index contributed by atoms with van der Waals surface area (Å²) in [6.45, 7) is 4.22. The summed E-state index contributed by atoms with van der Waals surface area (Å²) >= 11 is 0.979. The number of nitrogens with one attached hydrogen (secondary N) is 1. The molecule has 1 aromatic heterocycles. The van der Waals surface area contributed by atoms with Gasteiger partial charge >= 0.3 is 0 Å². The number of anilines is 1. The van der Waals surface area contributed by atoms with Crippen LogP contribution in [0, 0.1) is 13.8 Å². The molecule has 0 saturated carbocycles. The van der Waals surface area contributed by atoms with E-state index >= 15 is 0 Å². The molecular weight excluding hydrogens is 408 g/mol. The lowest BCUT2D eigenvalue weighted by Gasteiger charge is -2.33. The van der Waals surface area contributed by atoms with Gasteiger partial charge in [-0.25, -0.2) is 8.42 Å². The zero-order valence-electron chi connectivity index (χ0n) is 16.3. The quantitative estimate of drug-likeness (QED) is 0.684. The van der Waals surface area contributed by atoms with E-state index in [0.29, 0.717) is 29.7 Å². The molecule has 0 radical (unpaired) electrons. The minimum absolute atomic E-state index is 0.107. The standard InChI is InChI=1S/C20H22N4O3S2/c1-13-7-5-8-15(14(13)2)21-20(25)17-10-3-4-12-24(17)29(26,27)18-11-6-9-16-19(18)23-28-22-16/h5-9,11,17H,3-4,10,12H2,1-2H3,(H,21,25)/t17-/m0/s1.